The Hall–Kier alpha value is -4.37. The number of hydrogen-bond acceptors (Lipinski definition) is 8. The summed E-state index contributed by atoms with van der Waals surface area (Å²) in [6.45, 7) is 0.576. The second kappa shape index (κ2) is 8.29. The lowest BCUT2D eigenvalue weighted by atomic mass is 10.2. The fourth-order valence-electron chi connectivity index (χ4n) is 3.63. The largest absolute Gasteiger partial charge is 0.364 e. The minimum atomic E-state index is 0.483. The Morgan fingerprint density at radius 1 is 0.970 bits per heavy atom. The number of thiophene rings is 1. The molecule has 6 aromatic rings. The van der Waals surface area contributed by atoms with Crippen LogP contribution in [0.5, 0.6) is 0 Å². The molecule has 2 N–H and O–H groups in total. The Morgan fingerprint density at radius 3 is 2.82 bits per heavy atom. The number of fused-ring (bicyclic) bond motifs is 2. The van der Waals surface area contributed by atoms with E-state index in [1.54, 1.807) is 30.1 Å². The van der Waals surface area contributed by atoms with E-state index in [4.69, 9.17) is 9.97 Å². The number of aromatic nitrogens is 6. The van der Waals surface area contributed by atoms with Gasteiger partial charge in [0, 0.05) is 41.6 Å². The fourth-order valence-corrected chi connectivity index (χ4v) is 4.26. The minimum Gasteiger partial charge on any atom is -0.364 e. The van der Waals surface area contributed by atoms with Crippen molar-refractivity contribution in [3.63, 3.8) is 0 Å². The molecule has 8 nitrogen and oxygen atoms in total. The average molecular weight is 451 g/mol. The molecule has 5 aromatic heterocycles. The van der Waals surface area contributed by atoms with Gasteiger partial charge in [0.15, 0.2) is 17.0 Å². The number of anilines is 3. The van der Waals surface area contributed by atoms with Crippen LogP contribution in [0.2, 0.25) is 0 Å². The number of hydrogen-bond donors (Lipinski definition) is 2. The molecule has 160 valence electrons. The molecule has 0 amide bonds. The zero-order valence-electron chi connectivity index (χ0n) is 17.4. The summed E-state index contributed by atoms with van der Waals surface area (Å²) in [6, 6.07) is 15.9. The van der Waals surface area contributed by atoms with Gasteiger partial charge >= 0.3 is 0 Å². The van der Waals surface area contributed by atoms with Crippen molar-refractivity contribution in [2.45, 2.75) is 6.54 Å². The second-order valence-corrected chi connectivity index (χ2v) is 8.19. The highest BCUT2D eigenvalue weighted by atomic mass is 32.1. The van der Waals surface area contributed by atoms with E-state index in [0.29, 0.717) is 23.8 Å². The molecule has 0 atom stereocenters. The highest BCUT2D eigenvalue weighted by molar-refractivity contribution is 7.08. The lowest BCUT2D eigenvalue weighted by Crippen LogP contribution is -2.06. The summed E-state index contributed by atoms with van der Waals surface area (Å²) >= 11 is 1.63. The molecule has 0 saturated heterocycles. The molecule has 0 aliphatic carbocycles. The summed E-state index contributed by atoms with van der Waals surface area (Å²) in [5, 5.41) is 11.9. The number of rotatable bonds is 6. The molecule has 0 saturated carbocycles. The van der Waals surface area contributed by atoms with Gasteiger partial charge in [-0.2, -0.15) is 21.3 Å². The van der Waals surface area contributed by atoms with Gasteiger partial charge in [-0.05, 0) is 47.3 Å². The Kier molecular flexibility index (Phi) is 4.85. The van der Waals surface area contributed by atoms with Crippen molar-refractivity contribution in [3.05, 3.63) is 89.8 Å². The number of nitrogens with zero attached hydrogens (tertiary/aromatic N) is 6. The van der Waals surface area contributed by atoms with E-state index in [2.05, 4.69) is 31.0 Å². The highest BCUT2D eigenvalue weighted by Gasteiger charge is 2.15. The minimum absolute atomic E-state index is 0.483. The summed E-state index contributed by atoms with van der Waals surface area (Å²) in [5.41, 5.74) is 5.32. The van der Waals surface area contributed by atoms with Gasteiger partial charge in [0.2, 0.25) is 5.95 Å². The molecule has 0 unspecified atom stereocenters. The molecule has 33 heavy (non-hydrogen) atoms. The van der Waals surface area contributed by atoms with Crippen LogP contribution in [0.1, 0.15) is 5.56 Å². The smallest absolute Gasteiger partial charge is 0.231 e. The Balaban J connectivity index is 1.41. The number of nitrogens with one attached hydrogen (secondary N) is 2. The van der Waals surface area contributed by atoms with Crippen molar-refractivity contribution in [2.75, 3.05) is 10.6 Å². The van der Waals surface area contributed by atoms with Crippen LogP contribution in [-0.2, 0) is 6.54 Å². The van der Waals surface area contributed by atoms with E-state index in [1.807, 2.05) is 64.7 Å². The van der Waals surface area contributed by atoms with E-state index in [9.17, 15) is 0 Å². The number of benzene rings is 1. The zero-order valence-corrected chi connectivity index (χ0v) is 18.2. The first-order chi connectivity index (χ1) is 16.3. The first-order valence-electron chi connectivity index (χ1n) is 10.4. The van der Waals surface area contributed by atoms with Crippen LogP contribution in [0, 0.1) is 0 Å². The summed E-state index contributed by atoms with van der Waals surface area (Å²) in [4.78, 5) is 22.7. The molecule has 0 bridgehead atoms. The Morgan fingerprint density at radius 2 is 1.94 bits per heavy atom. The van der Waals surface area contributed by atoms with Gasteiger partial charge in [-0.15, -0.1) is 0 Å². The van der Waals surface area contributed by atoms with Gasteiger partial charge in [0.05, 0.1) is 11.2 Å². The van der Waals surface area contributed by atoms with Crippen molar-refractivity contribution in [1.29, 1.82) is 0 Å². The average Bonchev–Trinajstić information content (AvgIpc) is 3.53. The molecule has 6 rings (SSSR count). The maximum Gasteiger partial charge on any atom is 0.231 e. The summed E-state index contributed by atoms with van der Waals surface area (Å²) < 4.78 is 1.97. The van der Waals surface area contributed by atoms with Crippen LogP contribution >= 0.6 is 11.3 Å². The molecule has 0 radical (unpaired) electrons. The maximum atomic E-state index is 4.80. The fraction of sp³-hybridized carbons (Fsp3) is 0.0417. The van der Waals surface area contributed by atoms with Gasteiger partial charge in [-0.1, -0.05) is 12.1 Å². The topological polar surface area (TPSA) is 93.4 Å². The zero-order chi connectivity index (χ0) is 22.0. The molecule has 0 fully saturated rings. The van der Waals surface area contributed by atoms with Crippen LogP contribution in [0.15, 0.2) is 84.2 Å². The van der Waals surface area contributed by atoms with Crippen molar-refractivity contribution >= 4 is 50.9 Å². The summed E-state index contributed by atoms with van der Waals surface area (Å²) in [5.74, 6) is 1.14. The van der Waals surface area contributed by atoms with E-state index < -0.39 is 0 Å². The molecule has 0 aliphatic heterocycles. The van der Waals surface area contributed by atoms with Gasteiger partial charge in [-0.3, -0.25) is 14.5 Å². The molecule has 0 spiro atoms. The predicted molar refractivity (Wildman–Crippen MR) is 131 cm³/mol. The molecule has 5 heterocycles. The van der Waals surface area contributed by atoms with Crippen molar-refractivity contribution in [2.24, 2.45) is 0 Å². The molecule has 9 heteroatoms. The van der Waals surface area contributed by atoms with E-state index >= 15 is 0 Å². The quantitative estimate of drug-likeness (QED) is 0.361. The Bertz CT molecular complexity index is 1540. The summed E-state index contributed by atoms with van der Waals surface area (Å²) in [7, 11) is 0. The molecular formula is C24H18N8S. The predicted octanol–water partition coefficient (Wildman–Crippen LogP) is 5.18. The highest BCUT2D eigenvalue weighted by Crippen LogP contribution is 2.27. The SMILES string of the molecule is c1cncc(CNc2nc(Nc3ccc4ncccc4c3)nc3c2ncn3-c2ccsc2)c1. The van der Waals surface area contributed by atoms with Crippen molar-refractivity contribution in [1.82, 2.24) is 29.5 Å². The molecular weight excluding hydrogens is 432 g/mol. The third-order valence-electron chi connectivity index (χ3n) is 5.22. The van der Waals surface area contributed by atoms with Crippen LogP contribution in [0.4, 0.5) is 17.5 Å². The van der Waals surface area contributed by atoms with E-state index in [-0.39, 0.29) is 0 Å². The lowest BCUT2D eigenvalue weighted by molar-refractivity contribution is 1.06. The van der Waals surface area contributed by atoms with Gasteiger partial charge in [0.25, 0.3) is 0 Å². The van der Waals surface area contributed by atoms with Crippen LogP contribution in [0.25, 0.3) is 27.8 Å². The van der Waals surface area contributed by atoms with Crippen LogP contribution in [0.3, 0.4) is 0 Å². The second-order valence-electron chi connectivity index (χ2n) is 7.41. The number of imidazole rings is 1. The first kappa shape index (κ1) is 19.3. The van der Waals surface area contributed by atoms with Crippen molar-refractivity contribution in [3.8, 4) is 5.69 Å². The molecule has 0 aliphatic rings. The Labute approximate surface area is 193 Å². The van der Waals surface area contributed by atoms with Gasteiger partial charge < -0.3 is 10.6 Å². The molecule has 1 aromatic carbocycles. The monoisotopic (exact) mass is 450 g/mol. The number of pyridine rings is 2. The van der Waals surface area contributed by atoms with Crippen molar-refractivity contribution < 1.29 is 0 Å². The first-order valence-corrected chi connectivity index (χ1v) is 11.3. The van der Waals surface area contributed by atoms with Crippen LogP contribution < -0.4 is 10.6 Å². The maximum absolute atomic E-state index is 4.80. The third-order valence-corrected chi connectivity index (χ3v) is 5.89. The standard InChI is InChI=1S/C24H18N8S/c1-3-16(12-25-8-1)13-27-22-21-23(32(15-28-21)19-7-10-33-14-19)31-24(30-22)29-18-5-6-20-17(11-18)4-2-9-26-20/h1-12,14-15H,13H2,(H2,27,29,30,31). The van der Waals surface area contributed by atoms with Gasteiger partial charge in [0.1, 0.15) is 6.33 Å². The normalized spacial score (nSPS) is 11.2. The van der Waals surface area contributed by atoms with E-state index in [0.717, 1.165) is 33.5 Å². The van der Waals surface area contributed by atoms with Crippen LogP contribution in [-0.4, -0.2) is 29.5 Å². The lowest BCUT2D eigenvalue weighted by Gasteiger charge is -2.11. The summed E-state index contributed by atoms with van der Waals surface area (Å²) in [6.07, 6.45) is 7.16. The third kappa shape index (κ3) is 3.85. The van der Waals surface area contributed by atoms with Gasteiger partial charge in [-0.25, -0.2) is 4.98 Å². The van der Waals surface area contributed by atoms with E-state index in [1.165, 1.54) is 0 Å².